The van der Waals surface area contributed by atoms with Crippen molar-refractivity contribution in [3.8, 4) is 0 Å². The Balaban J connectivity index is 0.00000225. The molecule has 0 bridgehead atoms. The summed E-state index contributed by atoms with van der Waals surface area (Å²) in [5, 5.41) is 2.63. The van der Waals surface area contributed by atoms with Crippen molar-refractivity contribution >= 4 is 11.8 Å². The molecule has 1 rings (SSSR count). The molecule has 4 heteroatoms. The zero-order valence-electron chi connectivity index (χ0n) is 9.28. The van der Waals surface area contributed by atoms with Gasteiger partial charge in [-0.15, -0.1) is 0 Å². The first-order valence-electron chi connectivity index (χ1n) is 4.93. The maximum atomic E-state index is 11.4. The van der Waals surface area contributed by atoms with Gasteiger partial charge in [-0.25, -0.2) is 4.79 Å². The third-order valence-electron chi connectivity index (χ3n) is 2.15. The van der Waals surface area contributed by atoms with Gasteiger partial charge in [0.05, 0.1) is 0 Å². The topological polar surface area (TPSA) is 51.2 Å². The van der Waals surface area contributed by atoms with Crippen LogP contribution in [0.25, 0.3) is 0 Å². The minimum absolute atomic E-state index is 0. The van der Waals surface area contributed by atoms with E-state index >= 15 is 0 Å². The number of nitrogens with zero attached hydrogens (tertiary/aromatic N) is 1. The fourth-order valence-electron chi connectivity index (χ4n) is 0.902. The van der Waals surface area contributed by atoms with Crippen molar-refractivity contribution in [3.63, 3.8) is 0 Å². The Kier molecular flexibility index (Phi) is 3.66. The molecule has 0 spiro atoms. The molecule has 0 aliphatic heterocycles. The fourth-order valence-corrected chi connectivity index (χ4v) is 0.902. The van der Waals surface area contributed by atoms with Gasteiger partial charge in [0.25, 0.3) is 0 Å². The largest absolute Gasteiger partial charge is 0.443 e. The highest BCUT2D eigenvalue weighted by Crippen LogP contribution is 2.15. The highest BCUT2D eigenvalue weighted by Gasteiger charge is 2.20. The second kappa shape index (κ2) is 4.77. The van der Waals surface area contributed by atoms with Crippen molar-refractivity contribution in [1.82, 2.24) is 4.98 Å². The van der Waals surface area contributed by atoms with Gasteiger partial charge >= 0.3 is 6.09 Å². The lowest BCUT2D eigenvalue weighted by Gasteiger charge is -2.23. The van der Waals surface area contributed by atoms with Crippen LogP contribution < -0.4 is 5.32 Å². The molecule has 0 fully saturated rings. The summed E-state index contributed by atoms with van der Waals surface area (Å²) in [7, 11) is 0. The number of carbonyl (C=O) groups is 1. The summed E-state index contributed by atoms with van der Waals surface area (Å²) in [6.07, 6.45) is 3.56. The van der Waals surface area contributed by atoms with Crippen LogP contribution in [0.4, 0.5) is 10.5 Å². The molecule has 1 N–H and O–H groups in total. The van der Waals surface area contributed by atoms with E-state index < -0.39 is 11.7 Å². The number of hydrogen-bond donors (Lipinski definition) is 1. The Morgan fingerprint density at radius 2 is 2.13 bits per heavy atom. The van der Waals surface area contributed by atoms with Crippen LogP contribution in [0.15, 0.2) is 24.5 Å². The number of amides is 1. The molecular formula is C11H18N2O2. The number of pyridine rings is 1. The lowest BCUT2D eigenvalue weighted by Crippen LogP contribution is -2.29. The maximum absolute atomic E-state index is 11.4. The van der Waals surface area contributed by atoms with Crippen LogP contribution in [0, 0.1) is 0 Å². The third-order valence-corrected chi connectivity index (χ3v) is 2.15. The standard InChI is InChI=1S/C11H16N2O2.H2/c1-4-11(2,3)15-10(14)13-9-5-7-12-8-6-9;/h5-8H,4H2,1-3H3,(H,12,13,14);1H. The van der Waals surface area contributed by atoms with Gasteiger partial charge in [0.15, 0.2) is 0 Å². The van der Waals surface area contributed by atoms with Crippen LogP contribution in [0.3, 0.4) is 0 Å². The first kappa shape index (κ1) is 11.5. The smallest absolute Gasteiger partial charge is 0.412 e. The highest BCUT2D eigenvalue weighted by molar-refractivity contribution is 5.84. The first-order valence-corrected chi connectivity index (χ1v) is 4.93. The first-order chi connectivity index (χ1) is 7.03. The molecule has 0 aliphatic rings. The zero-order valence-corrected chi connectivity index (χ0v) is 9.28. The Morgan fingerprint density at radius 1 is 1.53 bits per heavy atom. The molecule has 1 amide bonds. The summed E-state index contributed by atoms with van der Waals surface area (Å²) >= 11 is 0. The number of aromatic nitrogens is 1. The summed E-state index contributed by atoms with van der Waals surface area (Å²) in [6, 6.07) is 3.42. The van der Waals surface area contributed by atoms with Gasteiger partial charge in [0, 0.05) is 19.5 Å². The lowest BCUT2D eigenvalue weighted by atomic mass is 10.1. The van der Waals surface area contributed by atoms with Gasteiger partial charge < -0.3 is 4.74 Å². The molecule has 0 unspecified atom stereocenters. The summed E-state index contributed by atoms with van der Waals surface area (Å²) in [4.78, 5) is 15.3. The second-order valence-electron chi connectivity index (χ2n) is 3.86. The molecular weight excluding hydrogens is 192 g/mol. The average molecular weight is 210 g/mol. The Labute approximate surface area is 91.2 Å². The van der Waals surface area contributed by atoms with Crippen LogP contribution in [0.1, 0.15) is 28.6 Å². The van der Waals surface area contributed by atoms with Gasteiger partial charge in [0.2, 0.25) is 0 Å². The van der Waals surface area contributed by atoms with E-state index in [1.54, 1.807) is 24.5 Å². The van der Waals surface area contributed by atoms with Gasteiger partial charge in [0.1, 0.15) is 5.60 Å². The predicted octanol–water partition coefficient (Wildman–Crippen LogP) is 3.06. The van der Waals surface area contributed by atoms with Crippen molar-refractivity contribution in [2.24, 2.45) is 0 Å². The Bertz CT molecular complexity index is 328. The minimum Gasteiger partial charge on any atom is -0.443 e. The Hall–Kier alpha value is -1.58. The van der Waals surface area contributed by atoms with E-state index in [4.69, 9.17) is 4.74 Å². The summed E-state index contributed by atoms with van der Waals surface area (Å²) in [5.74, 6) is 0. The molecule has 84 valence electrons. The predicted molar refractivity (Wildman–Crippen MR) is 60.8 cm³/mol. The molecule has 0 saturated carbocycles. The molecule has 0 aromatic carbocycles. The van der Waals surface area contributed by atoms with E-state index in [1.165, 1.54) is 0 Å². The van der Waals surface area contributed by atoms with Crippen LogP contribution in [0.5, 0.6) is 0 Å². The number of nitrogens with one attached hydrogen (secondary N) is 1. The van der Waals surface area contributed by atoms with E-state index in [0.717, 1.165) is 6.42 Å². The molecule has 15 heavy (non-hydrogen) atoms. The normalized spacial score (nSPS) is 10.9. The fraction of sp³-hybridized carbons (Fsp3) is 0.455. The van der Waals surface area contributed by atoms with Gasteiger partial charge in [-0.05, 0) is 32.4 Å². The van der Waals surface area contributed by atoms with E-state index in [0.29, 0.717) is 5.69 Å². The molecule has 1 heterocycles. The van der Waals surface area contributed by atoms with Crippen LogP contribution in [0.2, 0.25) is 0 Å². The monoisotopic (exact) mass is 210 g/mol. The average Bonchev–Trinajstić information content (AvgIpc) is 2.18. The van der Waals surface area contributed by atoms with Crippen molar-refractivity contribution in [1.29, 1.82) is 0 Å². The van der Waals surface area contributed by atoms with Crippen molar-refractivity contribution in [2.45, 2.75) is 32.8 Å². The Morgan fingerprint density at radius 3 is 2.67 bits per heavy atom. The maximum Gasteiger partial charge on any atom is 0.412 e. The lowest BCUT2D eigenvalue weighted by molar-refractivity contribution is 0.0462. The van der Waals surface area contributed by atoms with E-state index in [9.17, 15) is 4.79 Å². The van der Waals surface area contributed by atoms with Crippen molar-refractivity contribution in [2.75, 3.05) is 5.32 Å². The second-order valence-corrected chi connectivity index (χ2v) is 3.86. The molecule has 1 aromatic rings. The van der Waals surface area contributed by atoms with Crippen LogP contribution in [-0.2, 0) is 4.74 Å². The molecule has 1 aromatic heterocycles. The van der Waals surface area contributed by atoms with Crippen LogP contribution in [-0.4, -0.2) is 16.7 Å². The summed E-state index contributed by atoms with van der Waals surface area (Å²) in [5.41, 5.74) is 0.249. The molecule has 4 nitrogen and oxygen atoms in total. The van der Waals surface area contributed by atoms with E-state index in [1.807, 2.05) is 20.8 Å². The van der Waals surface area contributed by atoms with Gasteiger partial charge in [-0.1, -0.05) is 6.92 Å². The van der Waals surface area contributed by atoms with Crippen molar-refractivity contribution in [3.05, 3.63) is 24.5 Å². The van der Waals surface area contributed by atoms with Crippen LogP contribution >= 0.6 is 0 Å². The minimum atomic E-state index is -0.437. The zero-order chi connectivity index (χ0) is 11.3. The molecule has 0 aliphatic carbocycles. The summed E-state index contributed by atoms with van der Waals surface area (Å²) < 4.78 is 5.22. The number of hydrogen-bond acceptors (Lipinski definition) is 3. The van der Waals surface area contributed by atoms with E-state index in [2.05, 4.69) is 10.3 Å². The summed E-state index contributed by atoms with van der Waals surface area (Å²) in [6.45, 7) is 5.72. The number of carbonyl (C=O) groups excluding carboxylic acids is 1. The van der Waals surface area contributed by atoms with Gasteiger partial charge in [-0.3, -0.25) is 10.3 Å². The molecule has 0 radical (unpaired) electrons. The van der Waals surface area contributed by atoms with Crippen molar-refractivity contribution < 1.29 is 11.0 Å². The number of anilines is 1. The number of ether oxygens (including phenoxy) is 1. The number of rotatable bonds is 3. The molecule has 0 saturated heterocycles. The third kappa shape index (κ3) is 3.97. The highest BCUT2D eigenvalue weighted by atomic mass is 16.6. The quantitative estimate of drug-likeness (QED) is 0.834. The van der Waals surface area contributed by atoms with Gasteiger partial charge in [-0.2, -0.15) is 0 Å². The SMILES string of the molecule is CCC(C)(C)OC(=O)Nc1ccncc1.[HH]. The molecule has 0 atom stereocenters. The van der Waals surface area contributed by atoms with E-state index in [-0.39, 0.29) is 1.43 Å².